The first-order chi connectivity index (χ1) is 7.90. The highest BCUT2D eigenvalue weighted by Crippen LogP contribution is 2.14. The fourth-order valence-electron chi connectivity index (χ4n) is 1.28. The molecule has 82 valence electrons. The van der Waals surface area contributed by atoms with Crippen LogP contribution in [-0.2, 0) is 0 Å². The third kappa shape index (κ3) is 2.70. The summed E-state index contributed by atoms with van der Waals surface area (Å²) in [5.74, 6) is 1.54. The van der Waals surface area contributed by atoms with Gasteiger partial charge in [-0.1, -0.05) is 0 Å². The number of hydrogen-bond acceptors (Lipinski definition) is 5. The number of pyridine rings is 1. The van der Waals surface area contributed by atoms with Crippen LogP contribution < -0.4 is 5.32 Å². The quantitative estimate of drug-likeness (QED) is 0.790. The largest absolute Gasteiger partial charge is 0.368 e. The monoisotopic (exact) mass is 232 g/mol. The number of hydrogen-bond donors (Lipinski definition) is 2. The average molecular weight is 232 g/mol. The van der Waals surface area contributed by atoms with E-state index < -0.39 is 0 Å². The summed E-state index contributed by atoms with van der Waals surface area (Å²) in [4.78, 5) is 4.04. The van der Waals surface area contributed by atoms with Crippen LogP contribution in [0.3, 0.4) is 0 Å². The Morgan fingerprint density at radius 3 is 2.75 bits per heavy atom. The lowest BCUT2D eigenvalue weighted by Crippen LogP contribution is -2.05. The van der Waals surface area contributed by atoms with Crippen LogP contribution in [0.25, 0.3) is 11.3 Å². The molecule has 0 aromatic carbocycles. The highest BCUT2D eigenvalue weighted by atomic mass is 32.1. The van der Waals surface area contributed by atoms with Gasteiger partial charge in [0, 0.05) is 30.3 Å². The van der Waals surface area contributed by atoms with Gasteiger partial charge < -0.3 is 5.32 Å². The Balaban J connectivity index is 2.13. The number of aromatic nitrogens is 3. The van der Waals surface area contributed by atoms with Gasteiger partial charge in [0.2, 0.25) is 0 Å². The van der Waals surface area contributed by atoms with E-state index in [1.54, 1.807) is 12.4 Å². The van der Waals surface area contributed by atoms with Crippen LogP contribution in [0.15, 0.2) is 36.7 Å². The Labute approximate surface area is 99.6 Å². The second kappa shape index (κ2) is 5.46. The van der Waals surface area contributed by atoms with Gasteiger partial charge >= 0.3 is 0 Å². The molecule has 2 aromatic heterocycles. The molecule has 0 bridgehead atoms. The maximum Gasteiger partial charge on any atom is 0.148 e. The van der Waals surface area contributed by atoms with E-state index in [0.29, 0.717) is 0 Å². The normalized spacial score (nSPS) is 10.1. The molecule has 0 saturated carbocycles. The van der Waals surface area contributed by atoms with Crippen LogP contribution in [0.5, 0.6) is 0 Å². The summed E-state index contributed by atoms with van der Waals surface area (Å²) in [5.41, 5.74) is 1.79. The summed E-state index contributed by atoms with van der Waals surface area (Å²) in [5, 5.41) is 11.3. The zero-order chi connectivity index (χ0) is 11.2. The number of rotatable bonds is 4. The summed E-state index contributed by atoms with van der Waals surface area (Å²) in [6, 6.07) is 7.66. The number of thiol groups is 1. The van der Waals surface area contributed by atoms with Crippen molar-refractivity contribution in [1.82, 2.24) is 15.2 Å². The summed E-state index contributed by atoms with van der Waals surface area (Å²) in [6.07, 6.45) is 3.50. The third-order valence-corrected chi connectivity index (χ3v) is 2.26. The van der Waals surface area contributed by atoms with Gasteiger partial charge in [0.1, 0.15) is 5.82 Å². The van der Waals surface area contributed by atoms with Gasteiger partial charge in [0.25, 0.3) is 0 Å². The molecular formula is C11H12N4S. The standard InChI is InChI=1S/C11H12N4S/c16-7-6-13-11-4-3-10(14-15-11)9-2-1-5-12-8-9/h1-5,8,16H,6-7H2,(H,13,15). The molecule has 2 heterocycles. The Hall–Kier alpha value is -1.62. The summed E-state index contributed by atoms with van der Waals surface area (Å²) in [6.45, 7) is 0.782. The molecule has 0 unspecified atom stereocenters. The van der Waals surface area contributed by atoms with Gasteiger partial charge in [-0.2, -0.15) is 12.6 Å². The van der Waals surface area contributed by atoms with E-state index in [-0.39, 0.29) is 0 Å². The van der Waals surface area contributed by atoms with Crippen molar-refractivity contribution in [3.05, 3.63) is 36.7 Å². The zero-order valence-electron chi connectivity index (χ0n) is 8.67. The van der Waals surface area contributed by atoms with Crippen molar-refractivity contribution in [1.29, 1.82) is 0 Å². The van der Waals surface area contributed by atoms with Gasteiger partial charge in [-0.15, -0.1) is 10.2 Å². The molecule has 0 radical (unpaired) electrons. The minimum atomic E-state index is 0.765. The predicted molar refractivity (Wildman–Crippen MR) is 67.6 cm³/mol. The molecule has 0 spiro atoms. The van der Waals surface area contributed by atoms with Crippen LogP contribution in [0.4, 0.5) is 5.82 Å². The van der Waals surface area contributed by atoms with Crippen molar-refractivity contribution in [2.24, 2.45) is 0 Å². The van der Waals surface area contributed by atoms with Crippen LogP contribution in [-0.4, -0.2) is 27.5 Å². The number of anilines is 1. The van der Waals surface area contributed by atoms with E-state index in [0.717, 1.165) is 29.4 Å². The lowest BCUT2D eigenvalue weighted by molar-refractivity contribution is 1.02. The fourth-order valence-corrected chi connectivity index (χ4v) is 1.39. The van der Waals surface area contributed by atoms with E-state index in [4.69, 9.17) is 0 Å². The summed E-state index contributed by atoms with van der Waals surface area (Å²) in [7, 11) is 0. The van der Waals surface area contributed by atoms with Gasteiger partial charge in [0.15, 0.2) is 0 Å². The molecule has 0 atom stereocenters. The zero-order valence-corrected chi connectivity index (χ0v) is 9.56. The molecule has 0 fully saturated rings. The molecule has 0 amide bonds. The maximum atomic E-state index is 4.12. The van der Waals surface area contributed by atoms with Crippen LogP contribution >= 0.6 is 12.6 Å². The first-order valence-electron chi connectivity index (χ1n) is 4.99. The molecule has 0 saturated heterocycles. The van der Waals surface area contributed by atoms with Crippen molar-refractivity contribution in [3.8, 4) is 11.3 Å². The Kier molecular flexibility index (Phi) is 3.71. The van der Waals surface area contributed by atoms with Crippen LogP contribution in [0, 0.1) is 0 Å². The number of nitrogens with one attached hydrogen (secondary N) is 1. The average Bonchev–Trinajstić information content (AvgIpc) is 2.38. The van der Waals surface area contributed by atoms with Gasteiger partial charge in [-0.05, 0) is 24.3 Å². The SMILES string of the molecule is SCCNc1ccc(-c2cccnc2)nn1. The Morgan fingerprint density at radius 2 is 2.12 bits per heavy atom. The minimum Gasteiger partial charge on any atom is -0.368 e. The molecule has 0 aliphatic rings. The second-order valence-electron chi connectivity index (χ2n) is 3.20. The van der Waals surface area contributed by atoms with Crippen molar-refractivity contribution >= 4 is 18.4 Å². The summed E-state index contributed by atoms with van der Waals surface area (Å²) >= 11 is 4.11. The summed E-state index contributed by atoms with van der Waals surface area (Å²) < 4.78 is 0. The Bertz CT molecular complexity index is 429. The molecule has 4 nitrogen and oxygen atoms in total. The predicted octanol–water partition coefficient (Wildman–Crippen LogP) is 1.88. The highest BCUT2D eigenvalue weighted by Gasteiger charge is 1.99. The Morgan fingerprint density at radius 1 is 1.19 bits per heavy atom. The van der Waals surface area contributed by atoms with Crippen molar-refractivity contribution in [2.75, 3.05) is 17.6 Å². The molecule has 0 aliphatic heterocycles. The van der Waals surface area contributed by atoms with Crippen LogP contribution in [0.2, 0.25) is 0 Å². The molecular weight excluding hydrogens is 220 g/mol. The maximum absolute atomic E-state index is 4.12. The van der Waals surface area contributed by atoms with Gasteiger partial charge in [0.05, 0.1) is 5.69 Å². The molecule has 2 rings (SSSR count). The topological polar surface area (TPSA) is 50.7 Å². The van der Waals surface area contributed by atoms with E-state index in [1.165, 1.54) is 0 Å². The molecule has 16 heavy (non-hydrogen) atoms. The van der Waals surface area contributed by atoms with Crippen molar-refractivity contribution in [3.63, 3.8) is 0 Å². The lowest BCUT2D eigenvalue weighted by Gasteiger charge is -2.03. The first-order valence-corrected chi connectivity index (χ1v) is 5.62. The van der Waals surface area contributed by atoms with E-state index in [1.807, 2.05) is 24.3 Å². The highest BCUT2D eigenvalue weighted by molar-refractivity contribution is 7.80. The van der Waals surface area contributed by atoms with E-state index in [2.05, 4.69) is 33.1 Å². The van der Waals surface area contributed by atoms with E-state index >= 15 is 0 Å². The van der Waals surface area contributed by atoms with Gasteiger partial charge in [-0.25, -0.2) is 0 Å². The van der Waals surface area contributed by atoms with Crippen molar-refractivity contribution < 1.29 is 0 Å². The first kappa shape index (κ1) is 10.9. The van der Waals surface area contributed by atoms with Crippen LogP contribution in [0.1, 0.15) is 0 Å². The van der Waals surface area contributed by atoms with Crippen molar-refractivity contribution in [2.45, 2.75) is 0 Å². The molecule has 1 N–H and O–H groups in total. The molecule has 2 aromatic rings. The minimum absolute atomic E-state index is 0.765. The fraction of sp³-hybridized carbons (Fsp3) is 0.182. The molecule has 0 aliphatic carbocycles. The van der Waals surface area contributed by atoms with E-state index in [9.17, 15) is 0 Å². The smallest absolute Gasteiger partial charge is 0.148 e. The molecule has 5 heteroatoms. The van der Waals surface area contributed by atoms with Gasteiger partial charge in [-0.3, -0.25) is 4.98 Å². The second-order valence-corrected chi connectivity index (χ2v) is 3.64. The lowest BCUT2D eigenvalue weighted by atomic mass is 10.2. The third-order valence-electron chi connectivity index (χ3n) is 2.04. The number of nitrogens with zero attached hydrogens (tertiary/aromatic N) is 3.